The van der Waals surface area contributed by atoms with Gasteiger partial charge in [-0.3, -0.25) is 4.79 Å². The number of benzene rings is 3. The highest BCUT2D eigenvalue weighted by atomic mass is 32.2. The molecule has 0 fully saturated rings. The van der Waals surface area contributed by atoms with Crippen molar-refractivity contribution in [3.8, 4) is 0 Å². The zero-order valence-electron chi connectivity index (χ0n) is 17.7. The molecule has 1 aromatic heterocycles. The van der Waals surface area contributed by atoms with Gasteiger partial charge in [0.1, 0.15) is 0 Å². The predicted octanol–water partition coefficient (Wildman–Crippen LogP) is 4.18. The van der Waals surface area contributed by atoms with Gasteiger partial charge in [-0.1, -0.05) is 54.6 Å². The Morgan fingerprint density at radius 2 is 1.72 bits per heavy atom. The molecule has 3 N–H and O–H groups in total. The Hall–Kier alpha value is -3.42. The molecule has 32 heavy (non-hydrogen) atoms. The van der Waals surface area contributed by atoms with Gasteiger partial charge >= 0.3 is 0 Å². The molecule has 0 aliphatic rings. The van der Waals surface area contributed by atoms with Crippen LogP contribution in [0.1, 0.15) is 34.5 Å². The highest BCUT2D eigenvalue weighted by Gasteiger charge is 2.19. The number of hydrogen-bond acceptors (Lipinski definition) is 3. The third-order valence-corrected chi connectivity index (χ3v) is 6.93. The first-order chi connectivity index (χ1) is 15.4. The van der Waals surface area contributed by atoms with Crippen LogP contribution < -0.4 is 10.0 Å². The molecule has 3 aromatic carbocycles. The summed E-state index contributed by atoms with van der Waals surface area (Å²) in [5.41, 5.74) is 3.35. The number of carbonyl (C=O) groups is 1. The van der Waals surface area contributed by atoms with Gasteiger partial charge in [0.25, 0.3) is 5.91 Å². The zero-order valence-corrected chi connectivity index (χ0v) is 18.5. The summed E-state index contributed by atoms with van der Waals surface area (Å²) in [6.45, 7) is 2.23. The van der Waals surface area contributed by atoms with Crippen LogP contribution in [0, 0.1) is 0 Å². The number of aromatic nitrogens is 1. The molecule has 4 rings (SSSR count). The van der Waals surface area contributed by atoms with E-state index in [-0.39, 0.29) is 10.8 Å². The second-order valence-electron chi connectivity index (χ2n) is 7.65. The Morgan fingerprint density at radius 3 is 2.53 bits per heavy atom. The Kier molecular flexibility index (Phi) is 6.39. The van der Waals surface area contributed by atoms with Crippen molar-refractivity contribution in [1.29, 1.82) is 0 Å². The monoisotopic (exact) mass is 447 g/mol. The molecule has 0 aliphatic carbocycles. The van der Waals surface area contributed by atoms with Gasteiger partial charge in [-0.15, -0.1) is 0 Å². The Bertz CT molecular complexity index is 1330. The van der Waals surface area contributed by atoms with Gasteiger partial charge in [0.2, 0.25) is 10.0 Å². The Labute approximate surface area is 187 Å². The van der Waals surface area contributed by atoms with Crippen LogP contribution in [0.2, 0.25) is 0 Å². The fourth-order valence-electron chi connectivity index (χ4n) is 3.67. The molecule has 1 atom stereocenters. The van der Waals surface area contributed by atoms with Crippen molar-refractivity contribution >= 4 is 26.8 Å². The SMILES string of the molecule is C[C@@H](NS(=O)(=O)c1cccc(C(=O)NCCc2c[nH]c3ccccc23)c1)c1ccccc1. The average molecular weight is 448 g/mol. The van der Waals surface area contributed by atoms with E-state index in [1.165, 1.54) is 12.1 Å². The summed E-state index contributed by atoms with van der Waals surface area (Å²) in [6.07, 6.45) is 2.62. The second kappa shape index (κ2) is 9.38. The van der Waals surface area contributed by atoms with E-state index in [0.29, 0.717) is 18.5 Å². The minimum absolute atomic E-state index is 0.0598. The molecule has 4 aromatic rings. The summed E-state index contributed by atoms with van der Waals surface area (Å²) in [5.74, 6) is -0.307. The van der Waals surface area contributed by atoms with Crippen LogP contribution in [0.3, 0.4) is 0 Å². The lowest BCUT2D eigenvalue weighted by Crippen LogP contribution is -2.28. The molecule has 0 spiro atoms. The third kappa shape index (κ3) is 4.90. The fraction of sp³-hybridized carbons (Fsp3) is 0.160. The summed E-state index contributed by atoms with van der Waals surface area (Å²) in [7, 11) is -3.78. The summed E-state index contributed by atoms with van der Waals surface area (Å²) in [4.78, 5) is 15.9. The molecule has 0 saturated heterocycles. The zero-order chi connectivity index (χ0) is 22.6. The van der Waals surface area contributed by atoms with Gasteiger partial charge in [0.05, 0.1) is 4.90 Å². The van der Waals surface area contributed by atoms with Crippen LogP contribution in [-0.4, -0.2) is 25.9 Å². The number of H-pyrrole nitrogens is 1. The molecule has 164 valence electrons. The normalized spacial score (nSPS) is 12.5. The van der Waals surface area contributed by atoms with Crippen LogP contribution in [0.25, 0.3) is 10.9 Å². The van der Waals surface area contributed by atoms with E-state index >= 15 is 0 Å². The molecule has 7 heteroatoms. The van der Waals surface area contributed by atoms with Gasteiger partial charge in [-0.05, 0) is 48.7 Å². The number of nitrogens with one attached hydrogen (secondary N) is 3. The van der Waals surface area contributed by atoms with Gasteiger partial charge < -0.3 is 10.3 Å². The van der Waals surface area contributed by atoms with Gasteiger partial charge in [-0.25, -0.2) is 13.1 Å². The molecular formula is C25H25N3O3S. The van der Waals surface area contributed by atoms with Crippen molar-refractivity contribution in [1.82, 2.24) is 15.0 Å². The van der Waals surface area contributed by atoms with E-state index in [1.54, 1.807) is 19.1 Å². The molecule has 0 radical (unpaired) electrons. The van der Waals surface area contributed by atoms with E-state index in [2.05, 4.69) is 15.0 Å². The third-order valence-electron chi connectivity index (χ3n) is 5.39. The van der Waals surface area contributed by atoms with Crippen LogP contribution in [0.15, 0.2) is 90.0 Å². The van der Waals surface area contributed by atoms with Gasteiger partial charge in [0, 0.05) is 35.2 Å². The molecule has 1 heterocycles. The first-order valence-electron chi connectivity index (χ1n) is 10.4. The summed E-state index contributed by atoms with van der Waals surface area (Å²) in [5, 5.41) is 4.01. The average Bonchev–Trinajstić information content (AvgIpc) is 3.22. The largest absolute Gasteiger partial charge is 0.361 e. The van der Waals surface area contributed by atoms with E-state index < -0.39 is 16.1 Å². The summed E-state index contributed by atoms with van der Waals surface area (Å²) < 4.78 is 28.3. The molecule has 6 nitrogen and oxygen atoms in total. The van der Waals surface area contributed by atoms with Crippen molar-refractivity contribution in [2.24, 2.45) is 0 Å². The van der Waals surface area contributed by atoms with Crippen molar-refractivity contribution in [2.75, 3.05) is 6.54 Å². The van der Waals surface area contributed by atoms with Gasteiger partial charge in [-0.2, -0.15) is 0 Å². The summed E-state index contributed by atoms with van der Waals surface area (Å²) in [6, 6.07) is 23.0. The Balaban J connectivity index is 1.41. The minimum atomic E-state index is -3.78. The van der Waals surface area contributed by atoms with Crippen molar-refractivity contribution in [3.63, 3.8) is 0 Å². The molecular weight excluding hydrogens is 422 g/mol. The number of hydrogen-bond donors (Lipinski definition) is 3. The number of amides is 1. The van der Waals surface area contributed by atoms with E-state index in [4.69, 9.17) is 0 Å². The first kappa shape index (κ1) is 21.8. The molecule has 0 unspecified atom stereocenters. The standard InChI is InChI=1S/C25H25N3O3S/c1-18(19-8-3-2-4-9-19)28-32(30,31)22-11-7-10-20(16-22)25(29)26-15-14-21-17-27-24-13-6-5-12-23(21)24/h2-13,16-18,27-28H,14-15H2,1H3,(H,26,29)/t18-/m1/s1. The Morgan fingerprint density at radius 1 is 0.969 bits per heavy atom. The first-order valence-corrected chi connectivity index (χ1v) is 11.9. The van der Waals surface area contributed by atoms with Crippen LogP contribution >= 0.6 is 0 Å². The number of carbonyl (C=O) groups excluding carboxylic acids is 1. The van der Waals surface area contributed by atoms with Crippen LogP contribution in [0.5, 0.6) is 0 Å². The fourth-order valence-corrected chi connectivity index (χ4v) is 4.94. The number of sulfonamides is 1. The molecule has 1 amide bonds. The van der Waals surface area contributed by atoms with Crippen LogP contribution in [-0.2, 0) is 16.4 Å². The lowest BCUT2D eigenvalue weighted by molar-refractivity contribution is 0.0954. The topological polar surface area (TPSA) is 91.1 Å². The lowest BCUT2D eigenvalue weighted by atomic mass is 10.1. The highest BCUT2D eigenvalue weighted by Crippen LogP contribution is 2.19. The van der Waals surface area contributed by atoms with E-state index in [0.717, 1.165) is 22.0 Å². The smallest absolute Gasteiger partial charge is 0.251 e. The maximum Gasteiger partial charge on any atom is 0.251 e. The highest BCUT2D eigenvalue weighted by molar-refractivity contribution is 7.89. The lowest BCUT2D eigenvalue weighted by Gasteiger charge is -2.15. The van der Waals surface area contributed by atoms with Crippen LogP contribution in [0.4, 0.5) is 0 Å². The summed E-state index contributed by atoms with van der Waals surface area (Å²) >= 11 is 0. The van der Waals surface area contributed by atoms with Crippen molar-refractivity contribution in [2.45, 2.75) is 24.3 Å². The molecule has 0 bridgehead atoms. The van der Waals surface area contributed by atoms with E-state index in [9.17, 15) is 13.2 Å². The van der Waals surface area contributed by atoms with Crippen molar-refractivity contribution in [3.05, 3.63) is 102 Å². The maximum atomic E-state index is 12.8. The van der Waals surface area contributed by atoms with Crippen molar-refractivity contribution < 1.29 is 13.2 Å². The predicted molar refractivity (Wildman–Crippen MR) is 126 cm³/mol. The maximum absolute atomic E-state index is 12.8. The minimum Gasteiger partial charge on any atom is -0.361 e. The number of aromatic amines is 1. The number of rotatable bonds is 8. The molecule has 0 saturated carbocycles. The quantitative estimate of drug-likeness (QED) is 0.378. The number of para-hydroxylation sites is 1. The van der Waals surface area contributed by atoms with Gasteiger partial charge in [0.15, 0.2) is 0 Å². The molecule has 0 aliphatic heterocycles. The second-order valence-corrected chi connectivity index (χ2v) is 9.36. The van der Waals surface area contributed by atoms with E-state index in [1.807, 2.05) is 60.8 Å². The number of fused-ring (bicyclic) bond motifs is 1.